The van der Waals surface area contributed by atoms with Gasteiger partial charge in [-0.25, -0.2) is 0 Å². The van der Waals surface area contributed by atoms with Gasteiger partial charge in [0.1, 0.15) is 0 Å². The van der Waals surface area contributed by atoms with E-state index >= 15 is 0 Å². The molecule has 1 radical (unpaired) electrons. The average Bonchev–Trinajstić information content (AvgIpc) is 2.27. The van der Waals surface area contributed by atoms with Crippen molar-refractivity contribution in [3.63, 3.8) is 0 Å². The van der Waals surface area contributed by atoms with Gasteiger partial charge < -0.3 is 4.98 Å². The summed E-state index contributed by atoms with van der Waals surface area (Å²) in [5, 5.41) is 1.04. The van der Waals surface area contributed by atoms with Crippen LogP contribution in [-0.2, 0) is 0 Å². The van der Waals surface area contributed by atoms with E-state index in [0.29, 0.717) is 5.56 Å². The molecule has 1 aromatic rings. The molecule has 71 valence electrons. The molecular weight excluding hydrogens is 186 g/mol. The minimum atomic E-state index is -0.0606. The van der Waals surface area contributed by atoms with Crippen LogP contribution in [0.2, 0.25) is 0 Å². The number of benzene rings is 2. The van der Waals surface area contributed by atoms with Crippen LogP contribution in [0.5, 0.6) is 0 Å². The average molecular weight is 194 g/mol. The molecule has 0 saturated carbocycles. The molecule has 0 aromatic heterocycles. The topological polar surface area (TPSA) is 32.9 Å². The van der Waals surface area contributed by atoms with E-state index in [9.17, 15) is 4.79 Å². The van der Waals surface area contributed by atoms with Gasteiger partial charge in [-0.05, 0) is 29.7 Å². The van der Waals surface area contributed by atoms with Crippen molar-refractivity contribution < 1.29 is 0 Å². The molecular formula is C13H8NO. The first-order chi connectivity index (χ1) is 7.34. The van der Waals surface area contributed by atoms with Crippen LogP contribution in [0, 0.1) is 6.07 Å². The highest BCUT2D eigenvalue weighted by molar-refractivity contribution is 5.85. The van der Waals surface area contributed by atoms with Gasteiger partial charge >= 0.3 is 0 Å². The van der Waals surface area contributed by atoms with Crippen LogP contribution in [-0.4, -0.2) is 4.98 Å². The largest absolute Gasteiger partial charge is 0.354 e. The standard InChI is InChI=1S/C13H8NO/c15-13-7-3-6-12-10(13)8-9-4-1-2-5-11(9)14-12/h1-6,8,14H. The molecule has 2 aliphatic rings. The van der Waals surface area contributed by atoms with Crippen LogP contribution in [0.25, 0.3) is 22.2 Å². The minimum Gasteiger partial charge on any atom is -0.354 e. The molecule has 3 rings (SSSR count). The normalized spacial score (nSPS) is 10.9. The number of aromatic amines is 1. The number of fused-ring (bicyclic) bond motifs is 2. The van der Waals surface area contributed by atoms with Crippen molar-refractivity contribution >= 4 is 10.9 Å². The highest BCUT2D eigenvalue weighted by atomic mass is 16.1. The second kappa shape index (κ2) is 2.95. The summed E-state index contributed by atoms with van der Waals surface area (Å²) in [5.41, 5.74) is 2.53. The van der Waals surface area contributed by atoms with E-state index in [-0.39, 0.29) is 5.43 Å². The van der Waals surface area contributed by atoms with E-state index in [0.717, 1.165) is 16.6 Å². The first-order valence-electron chi connectivity index (χ1n) is 4.77. The molecule has 1 heterocycles. The maximum atomic E-state index is 11.5. The summed E-state index contributed by atoms with van der Waals surface area (Å²) in [6, 6.07) is 16.0. The molecule has 0 saturated heterocycles. The van der Waals surface area contributed by atoms with Gasteiger partial charge in [0.15, 0.2) is 5.43 Å². The molecule has 1 aliphatic carbocycles. The van der Waals surface area contributed by atoms with Gasteiger partial charge in [0.25, 0.3) is 0 Å². The Balaban J connectivity index is 2.54. The predicted octanol–water partition coefficient (Wildman–Crippen LogP) is 2.43. The van der Waals surface area contributed by atoms with Crippen molar-refractivity contribution in [1.82, 2.24) is 4.98 Å². The van der Waals surface area contributed by atoms with Crippen LogP contribution in [0.15, 0.2) is 47.3 Å². The van der Waals surface area contributed by atoms with Gasteiger partial charge in [0, 0.05) is 22.8 Å². The third-order valence-electron chi connectivity index (χ3n) is 2.53. The lowest BCUT2D eigenvalue weighted by Gasteiger charge is -2.06. The Hall–Kier alpha value is -2.09. The maximum absolute atomic E-state index is 11.5. The van der Waals surface area contributed by atoms with E-state index in [2.05, 4.69) is 11.1 Å². The van der Waals surface area contributed by atoms with Gasteiger partial charge in [0.2, 0.25) is 0 Å². The second-order valence-corrected chi connectivity index (χ2v) is 3.49. The molecule has 1 aliphatic heterocycles. The van der Waals surface area contributed by atoms with Crippen LogP contribution < -0.4 is 5.43 Å². The van der Waals surface area contributed by atoms with Crippen molar-refractivity contribution in [2.45, 2.75) is 0 Å². The molecule has 0 fully saturated rings. The van der Waals surface area contributed by atoms with Gasteiger partial charge in [-0.2, -0.15) is 0 Å². The number of rotatable bonds is 0. The van der Waals surface area contributed by atoms with E-state index < -0.39 is 0 Å². The Labute approximate surface area is 86.5 Å². The Kier molecular flexibility index (Phi) is 1.62. The molecule has 1 N–H and O–H groups in total. The summed E-state index contributed by atoms with van der Waals surface area (Å²) in [6.45, 7) is 0. The van der Waals surface area contributed by atoms with Crippen LogP contribution in [0.1, 0.15) is 0 Å². The summed E-state index contributed by atoms with van der Waals surface area (Å²) in [6.07, 6.45) is 0. The number of hydrogen-bond donors (Lipinski definition) is 1. The highest BCUT2D eigenvalue weighted by Gasteiger charge is 2.06. The first kappa shape index (κ1) is 8.24. The van der Waals surface area contributed by atoms with Crippen LogP contribution in [0.3, 0.4) is 0 Å². The lowest BCUT2D eigenvalue weighted by molar-refractivity contribution is 1.36. The Bertz CT molecular complexity index is 654. The zero-order valence-corrected chi connectivity index (χ0v) is 7.95. The van der Waals surface area contributed by atoms with Gasteiger partial charge in [-0.1, -0.05) is 18.2 Å². The molecule has 0 amide bonds. The molecule has 0 unspecified atom stereocenters. The number of nitrogens with one attached hydrogen (secondary N) is 1. The van der Waals surface area contributed by atoms with Gasteiger partial charge in [-0.3, -0.25) is 4.79 Å². The summed E-state index contributed by atoms with van der Waals surface area (Å²) >= 11 is 0. The highest BCUT2D eigenvalue weighted by Crippen LogP contribution is 2.20. The SMILES string of the molecule is O=c1[c]ccc2[nH]c3ccccc3cc1-2. The zero-order valence-electron chi connectivity index (χ0n) is 7.95. The second-order valence-electron chi connectivity index (χ2n) is 3.49. The maximum Gasteiger partial charge on any atom is 0.195 e. The molecule has 2 nitrogen and oxygen atoms in total. The minimum absolute atomic E-state index is 0.0606. The monoisotopic (exact) mass is 194 g/mol. The molecule has 15 heavy (non-hydrogen) atoms. The lowest BCUT2D eigenvalue weighted by atomic mass is 10.1. The number of H-pyrrole nitrogens is 1. The predicted molar refractivity (Wildman–Crippen MR) is 60.0 cm³/mol. The number of pyridine rings is 1. The fraction of sp³-hybridized carbons (Fsp3) is 0. The zero-order chi connectivity index (χ0) is 10.3. The number of para-hydroxylation sites is 1. The summed E-state index contributed by atoms with van der Waals surface area (Å²) < 4.78 is 0. The summed E-state index contributed by atoms with van der Waals surface area (Å²) in [7, 11) is 0. The molecule has 1 aromatic carbocycles. The van der Waals surface area contributed by atoms with E-state index in [4.69, 9.17) is 0 Å². The molecule has 0 bridgehead atoms. The van der Waals surface area contributed by atoms with Crippen molar-refractivity contribution in [2.75, 3.05) is 0 Å². The Morgan fingerprint density at radius 1 is 1.13 bits per heavy atom. The van der Waals surface area contributed by atoms with Crippen LogP contribution in [0.4, 0.5) is 0 Å². The molecule has 0 atom stereocenters. The van der Waals surface area contributed by atoms with Crippen molar-refractivity contribution in [3.8, 4) is 11.3 Å². The number of aromatic nitrogens is 1. The summed E-state index contributed by atoms with van der Waals surface area (Å²) in [4.78, 5) is 14.8. The van der Waals surface area contributed by atoms with Gasteiger partial charge in [0.05, 0.1) is 0 Å². The quantitative estimate of drug-likeness (QED) is 0.548. The fourth-order valence-electron chi connectivity index (χ4n) is 1.78. The fourth-order valence-corrected chi connectivity index (χ4v) is 1.78. The molecule has 2 heteroatoms. The molecule has 0 spiro atoms. The van der Waals surface area contributed by atoms with E-state index in [1.165, 1.54) is 0 Å². The third kappa shape index (κ3) is 1.22. The Morgan fingerprint density at radius 3 is 2.93 bits per heavy atom. The first-order valence-corrected chi connectivity index (χ1v) is 4.77. The Morgan fingerprint density at radius 2 is 2.00 bits per heavy atom. The van der Waals surface area contributed by atoms with Crippen molar-refractivity contribution in [1.29, 1.82) is 0 Å². The van der Waals surface area contributed by atoms with E-state index in [1.807, 2.05) is 36.4 Å². The van der Waals surface area contributed by atoms with Crippen LogP contribution >= 0.6 is 0 Å². The lowest BCUT2D eigenvalue weighted by Crippen LogP contribution is -2.05. The third-order valence-corrected chi connectivity index (χ3v) is 2.53. The smallest absolute Gasteiger partial charge is 0.195 e. The van der Waals surface area contributed by atoms with Crippen molar-refractivity contribution in [3.05, 3.63) is 58.8 Å². The van der Waals surface area contributed by atoms with Crippen molar-refractivity contribution in [2.24, 2.45) is 0 Å². The van der Waals surface area contributed by atoms with E-state index in [1.54, 1.807) is 6.07 Å². The van der Waals surface area contributed by atoms with Gasteiger partial charge in [-0.15, -0.1) is 0 Å². The number of hydrogen-bond acceptors (Lipinski definition) is 1. The summed E-state index contributed by atoms with van der Waals surface area (Å²) in [5.74, 6) is 0.